The van der Waals surface area contributed by atoms with Crippen molar-refractivity contribution in [1.29, 1.82) is 0 Å². The molecule has 0 unspecified atom stereocenters. The van der Waals surface area contributed by atoms with E-state index in [0.29, 0.717) is 44.2 Å². The van der Waals surface area contributed by atoms with Crippen LogP contribution in [0.25, 0.3) is 0 Å². The van der Waals surface area contributed by atoms with Gasteiger partial charge in [-0.3, -0.25) is 0 Å². The second-order valence-corrected chi connectivity index (χ2v) is 10.2. The van der Waals surface area contributed by atoms with E-state index in [-0.39, 0.29) is 0 Å². The van der Waals surface area contributed by atoms with Crippen molar-refractivity contribution in [2.45, 2.75) is 46.1 Å². The van der Waals surface area contributed by atoms with E-state index in [1.165, 1.54) is 0 Å². The summed E-state index contributed by atoms with van der Waals surface area (Å²) in [5.41, 5.74) is 1.77. The van der Waals surface area contributed by atoms with Gasteiger partial charge in [0.05, 0.1) is 5.69 Å². The topological polar surface area (TPSA) is 91.3 Å². The highest BCUT2D eigenvalue weighted by Gasteiger charge is 2.34. The van der Waals surface area contributed by atoms with E-state index in [9.17, 15) is 8.42 Å². The molecule has 1 saturated heterocycles. The fourth-order valence-corrected chi connectivity index (χ4v) is 5.91. The van der Waals surface area contributed by atoms with Crippen molar-refractivity contribution >= 4 is 32.5 Å². The minimum Gasteiger partial charge on any atom is -0.316 e. The summed E-state index contributed by atoms with van der Waals surface area (Å²) in [7, 11) is -3.45. The second kappa shape index (κ2) is 7.42. The van der Waals surface area contributed by atoms with E-state index >= 15 is 0 Å². The molecular formula is C17H24N6O2S2. The number of piperidine rings is 1. The number of rotatable bonds is 4. The maximum Gasteiger partial charge on any atom is 0.282 e. The molecular weight excluding hydrogens is 384 g/mol. The Morgan fingerprint density at radius 3 is 2.56 bits per heavy atom. The van der Waals surface area contributed by atoms with Gasteiger partial charge in [-0.25, -0.2) is 15.0 Å². The Hall–Kier alpha value is -1.62. The number of aromatic nitrogens is 3. The zero-order valence-corrected chi connectivity index (χ0v) is 17.2. The lowest BCUT2D eigenvalue weighted by molar-refractivity contribution is 0.294. The van der Waals surface area contributed by atoms with Gasteiger partial charge in [0.2, 0.25) is 0 Å². The zero-order valence-electron chi connectivity index (χ0n) is 15.6. The maximum absolute atomic E-state index is 13.1. The van der Waals surface area contributed by atoms with Crippen LogP contribution in [0.5, 0.6) is 0 Å². The minimum atomic E-state index is -3.45. The Morgan fingerprint density at radius 2 is 1.85 bits per heavy atom. The van der Waals surface area contributed by atoms with Crippen molar-refractivity contribution in [2.75, 3.05) is 25.0 Å². The quantitative estimate of drug-likeness (QED) is 0.835. The highest BCUT2D eigenvalue weighted by Crippen LogP contribution is 2.30. The number of hydrogen-bond acceptors (Lipinski definition) is 7. The summed E-state index contributed by atoms with van der Waals surface area (Å²) in [5, 5.41) is 4.02. The van der Waals surface area contributed by atoms with Crippen LogP contribution >= 0.6 is 11.3 Å². The average Bonchev–Trinajstić information content (AvgIpc) is 3.06. The van der Waals surface area contributed by atoms with Gasteiger partial charge in [0.25, 0.3) is 10.2 Å². The van der Waals surface area contributed by atoms with Crippen LogP contribution in [-0.2, 0) is 23.2 Å². The van der Waals surface area contributed by atoms with Crippen molar-refractivity contribution in [3.8, 4) is 0 Å². The predicted octanol–water partition coefficient (Wildman–Crippen LogP) is 2.38. The summed E-state index contributed by atoms with van der Waals surface area (Å²) in [4.78, 5) is 14.5. The molecule has 0 amide bonds. The van der Waals surface area contributed by atoms with Crippen LogP contribution in [0.2, 0.25) is 0 Å². The van der Waals surface area contributed by atoms with Gasteiger partial charge in [0.1, 0.15) is 11.6 Å². The lowest BCUT2D eigenvalue weighted by atomic mass is 10.1. The summed E-state index contributed by atoms with van der Waals surface area (Å²) in [5.74, 6) is 1.34. The molecule has 0 radical (unpaired) electrons. The molecule has 0 atom stereocenters. The Morgan fingerprint density at radius 1 is 1.07 bits per heavy atom. The normalized spacial score (nSPS) is 19.0. The van der Waals surface area contributed by atoms with Gasteiger partial charge in [-0.2, -0.15) is 17.0 Å². The van der Waals surface area contributed by atoms with Gasteiger partial charge in [-0.15, -0.1) is 11.3 Å². The standard InChI is InChI=1S/C17H24N6O2S2/c1-12-10-18-17(26-12)21-16-14-11-23(9-6-15(14)19-13(2)20-16)27(24,25)22-7-4-3-5-8-22/h10H,3-9,11H2,1-2H3,(H,18,19,20,21). The first-order valence-corrected chi connectivity index (χ1v) is 11.5. The Labute approximate surface area is 163 Å². The molecule has 0 aromatic carbocycles. The molecule has 146 valence electrons. The molecule has 10 heteroatoms. The van der Waals surface area contributed by atoms with E-state index in [0.717, 1.165) is 40.5 Å². The molecule has 8 nitrogen and oxygen atoms in total. The van der Waals surface area contributed by atoms with E-state index in [2.05, 4.69) is 20.3 Å². The van der Waals surface area contributed by atoms with Crippen LogP contribution in [0.3, 0.4) is 0 Å². The molecule has 4 rings (SSSR count). The lowest BCUT2D eigenvalue weighted by Crippen LogP contribution is -2.47. The number of hydrogen-bond donors (Lipinski definition) is 1. The van der Waals surface area contributed by atoms with Crippen molar-refractivity contribution in [3.05, 3.63) is 28.2 Å². The van der Waals surface area contributed by atoms with E-state index in [1.54, 1.807) is 26.1 Å². The lowest BCUT2D eigenvalue weighted by Gasteiger charge is -2.34. The van der Waals surface area contributed by atoms with Gasteiger partial charge < -0.3 is 5.32 Å². The molecule has 1 fully saturated rings. The van der Waals surface area contributed by atoms with Crippen LogP contribution in [0.4, 0.5) is 10.9 Å². The smallest absolute Gasteiger partial charge is 0.282 e. The van der Waals surface area contributed by atoms with E-state index in [1.807, 2.05) is 13.8 Å². The molecule has 2 aliphatic rings. The summed E-state index contributed by atoms with van der Waals surface area (Å²) in [6.07, 6.45) is 5.37. The monoisotopic (exact) mass is 408 g/mol. The molecule has 2 aromatic rings. The highest BCUT2D eigenvalue weighted by molar-refractivity contribution is 7.86. The number of nitrogens with one attached hydrogen (secondary N) is 1. The first kappa shape index (κ1) is 18.7. The van der Waals surface area contributed by atoms with Crippen molar-refractivity contribution in [2.24, 2.45) is 0 Å². The molecule has 0 aliphatic carbocycles. The second-order valence-electron chi connectivity index (χ2n) is 7.00. The highest BCUT2D eigenvalue weighted by atomic mass is 32.2. The molecule has 2 aliphatic heterocycles. The molecule has 0 saturated carbocycles. The third-order valence-electron chi connectivity index (χ3n) is 4.95. The fourth-order valence-electron chi connectivity index (χ4n) is 3.59. The number of aryl methyl sites for hydroxylation is 2. The average molecular weight is 409 g/mol. The van der Waals surface area contributed by atoms with Gasteiger partial charge in [-0.1, -0.05) is 6.42 Å². The van der Waals surface area contributed by atoms with Gasteiger partial charge >= 0.3 is 0 Å². The molecule has 4 heterocycles. The number of anilines is 2. The largest absolute Gasteiger partial charge is 0.316 e. The van der Waals surface area contributed by atoms with E-state index in [4.69, 9.17) is 0 Å². The van der Waals surface area contributed by atoms with Gasteiger partial charge in [0.15, 0.2) is 5.13 Å². The molecule has 2 aromatic heterocycles. The number of fused-ring (bicyclic) bond motifs is 1. The van der Waals surface area contributed by atoms with Crippen LogP contribution in [0.15, 0.2) is 6.20 Å². The van der Waals surface area contributed by atoms with Gasteiger partial charge in [-0.05, 0) is 26.7 Å². The first-order valence-electron chi connectivity index (χ1n) is 9.24. The SMILES string of the molecule is Cc1nc2c(c(Nc3ncc(C)s3)n1)CN(S(=O)(=O)N1CCCCC1)CC2. The molecule has 1 N–H and O–H groups in total. The van der Waals surface area contributed by atoms with E-state index < -0.39 is 10.2 Å². The van der Waals surface area contributed by atoms with Crippen molar-refractivity contribution in [3.63, 3.8) is 0 Å². The minimum absolute atomic E-state index is 0.293. The predicted molar refractivity (Wildman–Crippen MR) is 105 cm³/mol. The van der Waals surface area contributed by atoms with Gasteiger partial charge in [0, 0.05) is 49.2 Å². The fraction of sp³-hybridized carbons (Fsp3) is 0.588. The third kappa shape index (κ3) is 3.84. The zero-order chi connectivity index (χ0) is 19.0. The molecule has 27 heavy (non-hydrogen) atoms. The number of nitrogens with zero attached hydrogens (tertiary/aromatic N) is 5. The van der Waals surface area contributed by atoms with Crippen LogP contribution < -0.4 is 5.32 Å². The third-order valence-corrected chi connectivity index (χ3v) is 7.76. The van der Waals surface area contributed by atoms with Crippen LogP contribution in [0.1, 0.15) is 41.2 Å². The first-order chi connectivity index (χ1) is 12.9. The summed E-state index contributed by atoms with van der Waals surface area (Å²) in [6.45, 7) is 5.82. The Kier molecular flexibility index (Phi) is 5.15. The van der Waals surface area contributed by atoms with Crippen LogP contribution in [-0.4, -0.2) is 51.6 Å². The molecule has 0 spiro atoms. The summed E-state index contributed by atoms with van der Waals surface area (Å²) >= 11 is 1.55. The summed E-state index contributed by atoms with van der Waals surface area (Å²) < 4.78 is 29.3. The van der Waals surface area contributed by atoms with Crippen molar-refractivity contribution in [1.82, 2.24) is 23.6 Å². The maximum atomic E-state index is 13.1. The Balaban J connectivity index is 1.62. The van der Waals surface area contributed by atoms with Crippen molar-refractivity contribution < 1.29 is 8.42 Å². The van der Waals surface area contributed by atoms with Crippen LogP contribution in [0, 0.1) is 13.8 Å². The Bertz CT molecular complexity index is 937. The molecule has 0 bridgehead atoms. The number of thiazole rings is 1. The summed E-state index contributed by atoms with van der Waals surface area (Å²) in [6, 6.07) is 0.